The molecule has 62 valence electrons. The molecule has 0 saturated carbocycles. The van der Waals surface area contributed by atoms with E-state index < -0.39 is 7.12 Å². The van der Waals surface area contributed by atoms with Crippen LogP contribution < -0.4 is 5.46 Å². The summed E-state index contributed by atoms with van der Waals surface area (Å²) in [5.41, 5.74) is 1.48. The Hall–Kier alpha value is -0.995. The van der Waals surface area contributed by atoms with Gasteiger partial charge in [-0.3, -0.25) is 0 Å². The maximum absolute atomic E-state index is 9.41. The Bertz CT molecular complexity index is 300. The van der Waals surface area contributed by atoms with Gasteiger partial charge in [0.15, 0.2) is 0 Å². The van der Waals surface area contributed by atoms with Gasteiger partial charge in [-0.2, -0.15) is 0 Å². The Morgan fingerprint density at radius 3 is 3.00 bits per heavy atom. The van der Waals surface area contributed by atoms with Gasteiger partial charge in [0.1, 0.15) is 5.75 Å². The van der Waals surface area contributed by atoms with Gasteiger partial charge in [0, 0.05) is 6.61 Å². The Morgan fingerprint density at radius 1 is 1.42 bits per heavy atom. The van der Waals surface area contributed by atoms with Gasteiger partial charge in [-0.05, 0) is 23.5 Å². The second-order valence-electron chi connectivity index (χ2n) is 2.82. The van der Waals surface area contributed by atoms with Crippen molar-refractivity contribution in [1.29, 1.82) is 0 Å². The number of hydrogen-bond donors (Lipinski definition) is 2. The smallest absolute Gasteiger partial charge is 0.491 e. The monoisotopic (exact) mass is 164 g/mol. The van der Waals surface area contributed by atoms with E-state index in [-0.39, 0.29) is 5.75 Å². The molecule has 3 nitrogen and oxygen atoms in total. The van der Waals surface area contributed by atoms with Crippen molar-refractivity contribution in [1.82, 2.24) is 0 Å². The quantitative estimate of drug-likeness (QED) is 0.515. The lowest BCUT2D eigenvalue weighted by molar-refractivity contribution is 0.264. The highest BCUT2D eigenvalue weighted by Gasteiger charge is 2.25. The Kier molecular flexibility index (Phi) is 1.79. The van der Waals surface area contributed by atoms with Crippen molar-refractivity contribution in [3.05, 3.63) is 23.8 Å². The van der Waals surface area contributed by atoms with Crippen LogP contribution in [0.3, 0.4) is 0 Å². The number of phenolic OH excluding ortho intramolecular Hbond substituents is 1. The molecule has 0 saturated heterocycles. The molecule has 0 aromatic heterocycles. The number of benzene rings is 1. The van der Waals surface area contributed by atoms with Crippen LogP contribution in [-0.2, 0) is 11.1 Å². The summed E-state index contributed by atoms with van der Waals surface area (Å²) in [5, 5.41) is 18.8. The van der Waals surface area contributed by atoms with Gasteiger partial charge >= 0.3 is 7.12 Å². The maximum atomic E-state index is 9.41. The van der Waals surface area contributed by atoms with Crippen molar-refractivity contribution >= 4 is 12.6 Å². The summed E-state index contributed by atoms with van der Waals surface area (Å²) in [6.45, 7) is 0.464. The highest BCUT2D eigenvalue weighted by molar-refractivity contribution is 6.60. The maximum Gasteiger partial charge on any atom is 0.491 e. The van der Waals surface area contributed by atoms with Gasteiger partial charge in [0.25, 0.3) is 0 Å². The van der Waals surface area contributed by atoms with Gasteiger partial charge in [-0.15, -0.1) is 0 Å². The third kappa shape index (κ3) is 1.09. The normalized spacial score (nSPS) is 15.9. The van der Waals surface area contributed by atoms with Crippen molar-refractivity contribution in [3.8, 4) is 5.75 Å². The van der Waals surface area contributed by atoms with Crippen molar-refractivity contribution in [2.24, 2.45) is 0 Å². The molecule has 0 bridgehead atoms. The number of aromatic hydroxyl groups is 1. The van der Waals surface area contributed by atoms with E-state index in [1.54, 1.807) is 18.2 Å². The Morgan fingerprint density at radius 2 is 2.25 bits per heavy atom. The number of hydrogen-bond acceptors (Lipinski definition) is 3. The Balaban J connectivity index is 2.52. The minimum atomic E-state index is -0.874. The molecule has 1 heterocycles. The zero-order valence-corrected chi connectivity index (χ0v) is 6.53. The van der Waals surface area contributed by atoms with E-state index in [0.717, 1.165) is 5.56 Å². The molecule has 0 unspecified atom stereocenters. The molecule has 1 aliphatic heterocycles. The lowest BCUT2D eigenvalue weighted by Gasteiger charge is -2.19. The van der Waals surface area contributed by atoms with Gasteiger partial charge in [0.2, 0.25) is 0 Å². The third-order valence-electron chi connectivity index (χ3n) is 2.08. The predicted molar refractivity (Wildman–Crippen MR) is 45.4 cm³/mol. The highest BCUT2D eigenvalue weighted by atomic mass is 16.5. The summed E-state index contributed by atoms with van der Waals surface area (Å²) in [6, 6.07) is 5.09. The summed E-state index contributed by atoms with van der Waals surface area (Å²) in [6.07, 6.45) is 0.666. The van der Waals surface area contributed by atoms with Crippen molar-refractivity contribution < 1.29 is 14.8 Å². The largest absolute Gasteiger partial charge is 0.508 e. The topological polar surface area (TPSA) is 49.7 Å². The number of rotatable bonds is 0. The molecule has 0 aliphatic carbocycles. The summed E-state index contributed by atoms with van der Waals surface area (Å²) in [5.74, 6) is 0.245. The minimum Gasteiger partial charge on any atom is -0.508 e. The van der Waals surface area contributed by atoms with Crippen LogP contribution in [0.25, 0.3) is 0 Å². The average Bonchev–Trinajstić information content (AvgIpc) is 2.07. The van der Waals surface area contributed by atoms with E-state index in [1.807, 2.05) is 0 Å². The molecule has 4 heteroatoms. The number of phenols is 1. The van der Waals surface area contributed by atoms with Crippen molar-refractivity contribution in [2.75, 3.05) is 6.61 Å². The first kappa shape index (κ1) is 7.64. The third-order valence-corrected chi connectivity index (χ3v) is 2.08. The first-order valence-corrected chi connectivity index (χ1v) is 3.89. The molecule has 12 heavy (non-hydrogen) atoms. The molecule has 0 spiro atoms. The SMILES string of the molecule is OB1OCCc2c(O)cccc21. The van der Waals surface area contributed by atoms with Crippen LogP contribution >= 0.6 is 0 Å². The lowest BCUT2D eigenvalue weighted by atomic mass is 9.73. The molecule has 0 amide bonds. The van der Waals surface area contributed by atoms with E-state index in [2.05, 4.69) is 0 Å². The zero-order valence-electron chi connectivity index (χ0n) is 6.53. The standard InChI is InChI=1S/C8H9BO3/c10-8-3-1-2-7-6(8)4-5-12-9(7)11/h1-3,10-11H,4-5H2. The first-order chi connectivity index (χ1) is 5.79. The molecule has 0 atom stereocenters. The first-order valence-electron chi connectivity index (χ1n) is 3.89. The van der Waals surface area contributed by atoms with Gasteiger partial charge in [-0.1, -0.05) is 12.1 Å². The van der Waals surface area contributed by atoms with E-state index >= 15 is 0 Å². The lowest BCUT2D eigenvalue weighted by Crippen LogP contribution is -2.41. The van der Waals surface area contributed by atoms with Crippen LogP contribution in [0.5, 0.6) is 5.75 Å². The van der Waals surface area contributed by atoms with Crippen LogP contribution in [-0.4, -0.2) is 23.9 Å². The predicted octanol–water partition coefficient (Wildman–Crippen LogP) is -0.348. The molecule has 0 radical (unpaired) electrons. The van der Waals surface area contributed by atoms with Crippen LogP contribution in [0.1, 0.15) is 5.56 Å². The molecular weight excluding hydrogens is 155 g/mol. The summed E-state index contributed by atoms with van der Waals surface area (Å²) >= 11 is 0. The van der Waals surface area contributed by atoms with Gasteiger partial charge < -0.3 is 14.8 Å². The molecule has 1 aromatic carbocycles. The van der Waals surface area contributed by atoms with E-state index in [9.17, 15) is 10.1 Å². The molecular formula is C8H9BO3. The second kappa shape index (κ2) is 2.81. The second-order valence-corrected chi connectivity index (χ2v) is 2.82. The van der Waals surface area contributed by atoms with Gasteiger partial charge in [0.05, 0.1) is 0 Å². The molecule has 2 N–H and O–H groups in total. The summed E-state index contributed by atoms with van der Waals surface area (Å²) in [4.78, 5) is 0. The van der Waals surface area contributed by atoms with Crippen LogP contribution in [0, 0.1) is 0 Å². The van der Waals surface area contributed by atoms with Crippen LogP contribution in [0.2, 0.25) is 0 Å². The number of fused-ring (bicyclic) bond motifs is 1. The molecule has 1 aromatic rings. The van der Waals surface area contributed by atoms with Crippen molar-refractivity contribution in [3.63, 3.8) is 0 Å². The minimum absolute atomic E-state index is 0.245. The molecule has 2 rings (SSSR count). The van der Waals surface area contributed by atoms with Crippen LogP contribution in [0.15, 0.2) is 18.2 Å². The van der Waals surface area contributed by atoms with Gasteiger partial charge in [-0.25, -0.2) is 0 Å². The fraction of sp³-hybridized carbons (Fsp3) is 0.250. The summed E-state index contributed by atoms with van der Waals surface area (Å²) < 4.78 is 5.00. The zero-order chi connectivity index (χ0) is 8.55. The summed E-state index contributed by atoms with van der Waals surface area (Å²) in [7, 11) is -0.874. The fourth-order valence-electron chi connectivity index (χ4n) is 1.46. The van der Waals surface area contributed by atoms with E-state index in [0.29, 0.717) is 18.5 Å². The molecule has 0 fully saturated rings. The van der Waals surface area contributed by atoms with Crippen molar-refractivity contribution in [2.45, 2.75) is 6.42 Å². The Labute approximate surface area is 70.8 Å². The van der Waals surface area contributed by atoms with E-state index in [1.165, 1.54) is 0 Å². The fourth-order valence-corrected chi connectivity index (χ4v) is 1.46. The van der Waals surface area contributed by atoms with Crippen LogP contribution in [0.4, 0.5) is 0 Å². The van der Waals surface area contributed by atoms with E-state index in [4.69, 9.17) is 4.65 Å². The highest BCUT2D eigenvalue weighted by Crippen LogP contribution is 2.17. The average molecular weight is 164 g/mol. The molecule has 1 aliphatic rings.